The molecule has 0 bridgehead atoms. The van der Waals surface area contributed by atoms with Crippen LogP contribution in [0.25, 0.3) is 10.2 Å². The van der Waals surface area contributed by atoms with Gasteiger partial charge in [-0.3, -0.25) is 4.79 Å². The summed E-state index contributed by atoms with van der Waals surface area (Å²) in [6.45, 7) is 6.97. The van der Waals surface area contributed by atoms with Crippen LogP contribution in [0.5, 0.6) is 0 Å². The van der Waals surface area contributed by atoms with Crippen molar-refractivity contribution in [2.24, 2.45) is 0 Å². The number of nitrogens with zero attached hydrogens (tertiary/aromatic N) is 2. The van der Waals surface area contributed by atoms with Crippen LogP contribution in [0.1, 0.15) is 10.5 Å². The lowest BCUT2D eigenvalue weighted by molar-refractivity contribution is 0.0296. The molecular formula is C14H15BrN2O2S. The molecule has 3 heterocycles. The molecule has 0 saturated carbocycles. The predicted molar refractivity (Wildman–Crippen MR) is 84.4 cm³/mol. The first kappa shape index (κ1) is 13.9. The van der Waals surface area contributed by atoms with Crippen molar-refractivity contribution in [3.8, 4) is 0 Å². The molecule has 1 aliphatic heterocycles. The third-order valence-corrected chi connectivity index (χ3v) is 5.23. The summed E-state index contributed by atoms with van der Waals surface area (Å²) < 4.78 is 9.48. The van der Waals surface area contributed by atoms with E-state index < -0.39 is 0 Å². The molecule has 0 spiro atoms. The zero-order chi connectivity index (χ0) is 14.1. The van der Waals surface area contributed by atoms with Crippen molar-refractivity contribution in [3.63, 3.8) is 0 Å². The second-order valence-electron chi connectivity index (χ2n) is 4.63. The van der Waals surface area contributed by atoms with Crippen molar-refractivity contribution >= 4 is 43.4 Å². The van der Waals surface area contributed by atoms with E-state index in [-0.39, 0.29) is 5.91 Å². The van der Waals surface area contributed by atoms with Crippen LogP contribution in [0, 0.1) is 0 Å². The number of morpholine rings is 1. The summed E-state index contributed by atoms with van der Waals surface area (Å²) in [4.78, 5) is 14.5. The van der Waals surface area contributed by atoms with Gasteiger partial charge in [0.05, 0.1) is 27.9 Å². The number of fused-ring (bicyclic) bond motifs is 1. The fourth-order valence-corrected chi connectivity index (χ4v) is 4.15. The van der Waals surface area contributed by atoms with Gasteiger partial charge >= 0.3 is 0 Å². The van der Waals surface area contributed by atoms with E-state index >= 15 is 0 Å². The Morgan fingerprint density at radius 2 is 2.25 bits per heavy atom. The van der Waals surface area contributed by atoms with Crippen LogP contribution in [0.3, 0.4) is 0 Å². The molecule has 3 rings (SSSR count). The third kappa shape index (κ3) is 2.32. The Morgan fingerprint density at radius 1 is 1.50 bits per heavy atom. The largest absolute Gasteiger partial charge is 0.378 e. The number of hydrogen-bond donors (Lipinski definition) is 0. The topological polar surface area (TPSA) is 34.5 Å². The zero-order valence-corrected chi connectivity index (χ0v) is 13.4. The van der Waals surface area contributed by atoms with Gasteiger partial charge in [-0.1, -0.05) is 6.08 Å². The molecule has 20 heavy (non-hydrogen) atoms. The second kappa shape index (κ2) is 5.71. The number of allylic oxidation sites excluding steroid dienone is 1. The average molecular weight is 355 g/mol. The van der Waals surface area contributed by atoms with Crippen molar-refractivity contribution in [2.75, 3.05) is 26.3 Å². The van der Waals surface area contributed by atoms with Crippen molar-refractivity contribution in [1.29, 1.82) is 0 Å². The van der Waals surface area contributed by atoms with E-state index in [0.717, 1.165) is 20.4 Å². The van der Waals surface area contributed by atoms with Gasteiger partial charge in [0.25, 0.3) is 5.91 Å². The summed E-state index contributed by atoms with van der Waals surface area (Å²) >= 11 is 5.20. The van der Waals surface area contributed by atoms with Gasteiger partial charge in [-0.2, -0.15) is 0 Å². The first-order chi connectivity index (χ1) is 9.72. The average Bonchev–Trinajstić information content (AvgIpc) is 3.01. The molecule has 0 N–H and O–H groups in total. The third-order valence-electron chi connectivity index (χ3n) is 3.41. The molecule has 1 saturated heterocycles. The Hall–Kier alpha value is -1.11. The minimum Gasteiger partial charge on any atom is -0.378 e. The summed E-state index contributed by atoms with van der Waals surface area (Å²) in [5.41, 5.74) is 1.81. The first-order valence-electron chi connectivity index (χ1n) is 6.46. The van der Waals surface area contributed by atoms with Gasteiger partial charge in [-0.25, -0.2) is 0 Å². The van der Waals surface area contributed by atoms with Gasteiger partial charge in [-0.15, -0.1) is 17.9 Å². The Morgan fingerprint density at radius 3 is 2.95 bits per heavy atom. The highest BCUT2D eigenvalue weighted by Gasteiger charge is 2.24. The van der Waals surface area contributed by atoms with Crippen LogP contribution in [-0.2, 0) is 11.3 Å². The van der Waals surface area contributed by atoms with Crippen LogP contribution in [-0.4, -0.2) is 41.7 Å². The minimum absolute atomic E-state index is 0.0745. The van der Waals surface area contributed by atoms with Gasteiger partial charge in [-0.05, 0) is 22.0 Å². The maximum Gasteiger partial charge on any atom is 0.270 e. The molecule has 1 fully saturated rings. The van der Waals surface area contributed by atoms with Crippen molar-refractivity contribution in [3.05, 3.63) is 34.3 Å². The van der Waals surface area contributed by atoms with Crippen molar-refractivity contribution < 1.29 is 9.53 Å². The number of carbonyl (C=O) groups is 1. The highest BCUT2D eigenvalue weighted by molar-refractivity contribution is 9.10. The van der Waals surface area contributed by atoms with Gasteiger partial charge in [0.2, 0.25) is 0 Å². The Kier molecular flexibility index (Phi) is 3.96. The lowest BCUT2D eigenvalue weighted by atomic mass is 10.3. The fourth-order valence-electron chi connectivity index (χ4n) is 2.46. The number of ether oxygens (including phenoxy) is 1. The Bertz CT molecular complexity index is 655. The van der Waals surface area contributed by atoms with Crippen LogP contribution in [0.4, 0.5) is 0 Å². The van der Waals surface area contributed by atoms with Crippen LogP contribution >= 0.6 is 27.3 Å². The minimum atomic E-state index is 0.0745. The highest BCUT2D eigenvalue weighted by atomic mass is 79.9. The lowest BCUT2D eigenvalue weighted by Crippen LogP contribution is -2.41. The smallest absolute Gasteiger partial charge is 0.270 e. The quantitative estimate of drug-likeness (QED) is 0.793. The molecule has 6 heteroatoms. The molecule has 1 amide bonds. The summed E-state index contributed by atoms with van der Waals surface area (Å²) in [6, 6.07) is 1.98. The van der Waals surface area contributed by atoms with E-state index in [1.807, 2.05) is 27.0 Å². The normalized spacial score (nSPS) is 15.8. The van der Waals surface area contributed by atoms with Gasteiger partial charge in [0, 0.05) is 25.0 Å². The molecule has 0 radical (unpaired) electrons. The second-order valence-corrected chi connectivity index (χ2v) is 6.40. The molecule has 0 unspecified atom stereocenters. The monoisotopic (exact) mass is 354 g/mol. The maximum atomic E-state index is 12.7. The fraction of sp³-hybridized carbons (Fsp3) is 0.357. The number of carbonyl (C=O) groups excluding carboxylic acids is 1. The summed E-state index contributed by atoms with van der Waals surface area (Å²) in [6.07, 6.45) is 1.82. The van der Waals surface area contributed by atoms with Crippen molar-refractivity contribution in [1.82, 2.24) is 9.47 Å². The summed E-state index contributed by atoms with van der Waals surface area (Å²) in [7, 11) is 0. The van der Waals surface area contributed by atoms with Crippen molar-refractivity contribution in [2.45, 2.75) is 6.54 Å². The van der Waals surface area contributed by atoms with Gasteiger partial charge in [0.1, 0.15) is 5.69 Å². The van der Waals surface area contributed by atoms with Crippen LogP contribution < -0.4 is 0 Å². The molecule has 106 valence electrons. The summed E-state index contributed by atoms with van der Waals surface area (Å²) in [5.74, 6) is 0.0745. The molecule has 0 aliphatic carbocycles. The Labute approximate surface area is 129 Å². The van der Waals surface area contributed by atoms with E-state index in [4.69, 9.17) is 4.74 Å². The first-order valence-corrected chi connectivity index (χ1v) is 8.13. The van der Waals surface area contributed by atoms with E-state index in [2.05, 4.69) is 22.5 Å². The molecule has 1 aliphatic rings. The van der Waals surface area contributed by atoms with Gasteiger partial charge < -0.3 is 14.2 Å². The molecule has 2 aromatic rings. The van der Waals surface area contributed by atoms with E-state index in [1.165, 1.54) is 0 Å². The number of rotatable bonds is 3. The maximum absolute atomic E-state index is 12.7. The van der Waals surface area contributed by atoms with Crippen LogP contribution in [0.15, 0.2) is 28.6 Å². The molecule has 4 nitrogen and oxygen atoms in total. The standard InChI is InChI=1S/C14H15BrN2O2S/c1-2-3-17-11(8-12-13(17)10(15)9-20-12)14(18)16-4-6-19-7-5-16/h2,8-9H,1,3-7H2. The number of halogens is 1. The molecule has 0 atom stereocenters. The van der Waals surface area contributed by atoms with Crippen LogP contribution in [0.2, 0.25) is 0 Å². The lowest BCUT2D eigenvalue weighted by Gasteiger charge is -2.27. The number of thiophene rings is 1. The predicted octanol–water partition coefficient (Wildman–Crippen LogP) is 3.12. The Balaban J connectivity index is 2.03. The summed E-state index contributed by atoms with van der Waals surface area (Å²) in [5, 5.41) is 2.05. The zero-order valence-electron chi connectivity index (χ0n) is 11.0. The number of amides is 1. The van der Waals surface area contributed by atoms with E-state index in [1.54, 1.807) is 11.3 Å². The highest BCUT2D eigenvalue weighted by Crippen LogP contribution is 2.33. The van der Waals surface area contributed by atoms with Gasteiger partial charge in [0.15, 0.2) is 0 Å². The number of hydrogen-bond acceptors (Lipinski definition) is 3. The van der Waals surface area contributed by atoms with E-state index in [9.17, 15) is 4.79 Å². The molecule has 0 aromatic carbocycles. The van der Waals surface area contributed by atoms with E-state index in [0.29, 0.717) is 32.8 Å². The number of aromatic nitrogens is 1. The molecule has 2 aromatic heterocycles. The molecular weight excluding hydrogens is 340 g/mol. The SMILES string of the molecule is C=CCn1c(C(=O)N2CCOCC2)cc2scc(Br)c21.